The largest absolute Gasteiger partial charge is 0.469 e. The lowest BCUT2D eigenvalue weighted by atomic mass is 9.86. The SMILES string of the molecule is BC(C)(C)OC(=O)CCCCC. The van der Waals surface area contributed by atoms with Crippen molar-refractivity contribution in [3.63, 3.8) is 0 Å². The molecule has 0 amide bonds. The molecule has 12 heavy (non-hydrogen) atoms. The van der Waals surface area contributed by atoms with E-state index in [0.717, 1.165) is 19.3 Å². The van der Waals surface area contributed by atoms with E-state index in [-0.39, 0.29) is 11.5 Å². The Morgan fingerprint density at radius 3 is 2.42 bits per heavy atom. The molecule has 70 valence electrons. The highest BCUT2D eigenvalue weighted by Gasteiger charge is 2.15. The molecule has 0 unspecified atom stereocenters. The van der Waals surface area contributed by atoms with E-state index in [1.807, 2.05) is 21.7 Å². The van der Waals surface area contributed by atoms with Crippen molar-refractivity contribution >= 4 is 13.8 Å². The Kier molecular flexibility index (Phi) is 5.03. The number of ether oxygens (including phenoxy) is 1. The molecule has 2 nitrogen and oxygen atoms in total. The van der Waals surface area contributed by atoms with Crippen molar-refractivity contribution < 1.29 is 9.53 Å². The number of unbranched alkanes of at least 4 members (excludes halogenated alkanes) is 2. The van der Waals surface area contributed by atoms with Crippen molar-refractivity contribution in [1.29, 1.82) is 0 Å². The number of carbonyl (C=O) groups excluding carboxylic acids is 1. The third-order valence-electron chi connectivity index (χ3n) is 1.40. The van der Waals surface area contributed by atoms with Gasteiger partial charge in [0.15, 0.2) is 7.85 Å². The normalized spacial score (nSPS) is 11.2. The Hall–Kier alpha value is -0.465. The average Bonchev–Trinajstić information content (AvgIpc) is 1.84. The molecule has 0 aromatic heterocycles. The van der Waals surface area contributed by atoms with Gasteiger partial charge in [-0.1, -0.05) is 19.8 Å². The van der Waals surface area contributed by atoms with E-state index in [2.05, 4.69) is 6.92 Å². The van der Waals surface area contributed by atoms with Crippen LogP contribution in [0, 0.1) is 0 Å². The molecule has 0 atom stereocenters. The molecule has 0 aliphatic heterocycles. The highest BCUT2D eigenvalue weighted by molar-refractivity contribution is 6.14. The summed E-state index contributed by atoms with van der Waals surface area (Å²) in [6.45, 7) is 5.91. The molecule has 0 bridgehead atoms. The van der Waals surface area contributed by atoms with Gasteiger partial charge in [0.2, 0.25) is 0 Å². The first kappa shape index (κ1) is 11.5. The number of rotatable bonds is 5. The molecule has 0 saturated carbocycles. The van der Waals surface area contributed by atoms with Crippen molar-refractivity contribution in [2.75, 3.05) is 0 Å². The number of hydrogen-bond donors (Lipinski definition) is 0. The van der Waals surface area contributed by atoms with Gasteiger partial charge in [-0.2, -0.15) is 0 Å². The molecular weight excluding hydrogens is 151 g/mol. The third kappa shape index (κ3) is 7.64. The van der Waals surface area contributed by atoms with E-state index < -0.39 is 0 Å². The molecular formula is C9H19BO2. The Morgan fingerprint density at radius 2 is 2.00 bits per heavy atom. The van der Waals surface area contributed by atoms with Crippen LogP contribution in [0.3, 0.4) is 0 Å². The first-order valence-corrected chi connectivity index (χ1v) is 4.67. The molecule has 0 aromatic carbocycles. The van der Waals surface area contributed by atoms with Crippen LogP contribution in [0.15, 0.2) is 0 Å². The van der Waals surface area contributed by atoms with Gasteiger partial charge in [0.05, 0.1) is 5.50 Å². The van der Waals surface area contributed by atoms with Crippen LogP contribution >= 0.6 is 0 Å². The Morgan fingerprint density at radius 1 is 1.42 bits per heavy atom. The predicted molar refractivity (Wildman–Crippen MR) is 52.9 cm³/mol. The fraction of sp³-hybridized carbons (Fsp3) is 0.889. The van der Waals surface area contributed by atoms with Crippen molar-refractivity contribution in [2.24, 2.45) is 0 Å². The maximum absolute atomic E-state index is 11.1. The minimum absolute atomic E-state index is 0.0732. The van der Waals surface area contributed by atoms with Gasteiger partial charge in [-0.15, -0.1) is 0 Å². The summed E-state index contributed by atoms with van der Waals surface area (Å²) in [5.41, 5.74) is -0.330. The van der Waals surface area contributed by atoms with Crippen LogP contribution in [-0.2, 0) is 9.53 Å². The minimum atomic E-state index is -0.330. The van der Waals surface area contributed by atoms with Crippen molar-refractivity contribution in [2.45, 2.75) is 52.0 Å². The zero-order valence-corrected chi connectivity index (χ0v) is 8.64. The second kappa shape index (κ2) is 5.23. The first-order valence-electron chi connectivity index (χ1n) is 4.67. The molecule has 0 aliphatic rings. The molecule has 0 spiro atoms. The molecule has 0 N–H and O–H groups in total. The summed E-state index contributed by atoms with van der Waals surface area (Å²) >= 11 is 0. The minimum Gasteiger partial charge on any atom is -0.469 e. The molecule has 0 radical (unpaired) electrons. The summed E-state index contributed by atoms with van der Waals surface area (Å²) in [6, 6.07) is 0. The van der Waals surface area contributed by atoms with Crippen LogP contribution in [-0.4, -0.2) is 19.3 Å². The van der Waals surface area contributed by atoms with Gasteiger partial charge in [-0.25, -0.2) is 0 Å². The van der Waals surface area contributed by atoms with Crippen LogP contribution in [0.25, 0.3) is 0 Å². The number of esters is 1. The fourth-order valence-electron chi connectivity index (χ4n) is 0.912. The maximum atomic E-state index is 11.1. The van der Waals surface area contributed by atoms with Crippen LogP contribution in [0.4, 0.5) is 0 Å². The van der Waals surface area contributed by atoms with Crippen LogP contribution < -0.4 is 0 Å². The first-order chi connectivity index (χ1) is 5.45. The fourth-order valence-corrected chi connectivity index (χ4v) is 0.912. The van der Waals surface area contributed by atoms with Crippen LogP contribution in [0.5, 0.6) is 0 Å². The zero-order valence-electron chi connectivity index (χ0n) is 8.64. The van der Waals surface area contributed by atoms with E-state index in [1.54, 1.807) is 0 Å². The maximum Gasteiger partial charge on any atom is 0.305 e. The average molecular weight is 170 g/mol. The highest BCUT2D eigenvalue weighted by atomic mass is 16.5. The molecule has 0 heterocycles. The smallest absolute Gasteiger partial charge is 0.305 e. The summed E-state index contributed by atoms with van der Waals surface area (Å²) in [7, 11) is 1.89. The van der Waals surface area contributed by atoms with Gasteiger partial charge in [-0.05, 0) is 20.3 Å². The standard InChI is InChI=1S/C9H19BO2/c1-4-5-6-7-8(11)12-9(2,3)10/h4-7,10H2,1-3H3. The topological polar surface area (TPSA) is 26.3 Å². The summed E-state index contributed by atoms with van der Waals surface area (Å²) in [5.74, 6) is -0.0732. The van der Waals surface area contributed by atoms with E-state index in [9.17, 15) is 4.79 Å². The van der Waals surface area contributed by atoms with E-state index >= 15 is 0 Å². The quantitative estimate of drug-likeness (QED) is 0.355. The molecule has 3 heteroatoms. The molecule has 0 aliphatic carbocycles. The lowest BCUT2D eigenvalue weighted by molar-refractivity contribution is -0.150. The van der Waals surface area contributed by atoms with Gasteiger partial charge in [-0.3, -0.25) is 4.79 Å². The summed E-state index contributed by atoms with van der Waals surface area (Å²) in [6.07, 6.45) is 3.76. The summed E-state index contributed by atoms with van der Waals surface area (Å²) in [5, 5.41) is 0. The molecule has 0 aromatic rings. The molecule has 0 rings (SSSR count). The second-order valence-electron chi connectivity index (χ2n) is 4.04. The molecule has 0 fully saturated rings. The second-order valence-corrected chi connectivity index (χ2v) is 4.04. The van der Waals surface area contributed by atoms with Gasteiger partial charge >= 0.3 is 5.97 Å². The van der Waals surface area contributed by atoms with E-state index in [4.69, 9.17) is 4.74 Å². The van der Waals surface area contributed by atoms with Gasteiger partial charge < -0.3 is 4.74 Å². The lowest BCUT2D eigenvalue weighted by Gasteiger charge is -2.19. The highest BCUT2D eigenvalue weighted by Crippen LogP contribution is 2.07. The zero-order chi connectivity index (χ0) is 9.61. The Labute approximate surface area is 76.1 Å². The Balaban J connectivity index is 3.47. The van der Waals surface area contributed by atoms with E-state index in [1.165, 1.54) is 0 Å². The number of hydrogen-bond acceptors (Lipinski definition) is 2. The van der Waals surface area contributed by atoms with Gasteiger partial charge in [0.1, 0.15) is 0 Å². The summed E-state index contributed by atoms with van der Waals surface area (Å²) < 4.78 is 5.15. The van der Waals surface area contributed by atoms with Crippen molar-refractivity contribution in [1.82, 2.24) is 0 Å². The van der Waals surface area contributed by atoms with Crippen LogP contribution in [0.1, 0.15) is 46.5 Å². The van der Waals surface area contributed by atoms with Gasteiger partial charge in [0.25, 0.3) is 0 Å². The van der Waals surface area contributed by atoms with Crippen molar-refractivity contribution in [3.05, 3.63) is 0 Å². The van der Waals surface area contributed by atoms with Crippen LogP contribution in [0.2, 0.25) is 0 Å². The Bertz CT molecular complexity index is 138. The van der Waals surface area contributed by atoms with Crippen molar-refractivity contribution in [3.8, 4) is 0 Å². The van der Waals surface area contributed by atoms with Gasteiger partial charge in [0, 0.05) is 6.42 Å². The lowest BCUT2D eigenvalue weighted by Crippen LogP contribution is -2.27. The third-order valence-corrected chi connectivity index (χ3v) is 1.40. The monoisotopic (exact) mass is 170 g/mol. The predicted octanol–water partition coefficient (Wildman–Crippen LogP) is 1.48. The summed E-state index contributed by atoms with van der Waals surface area (Å²) in [4.78, 5) is 11.1. The van der Waals surface area contributed by atoms with E-state index in [0.29, 0.717) is 6.42 Å². The number of carbonyl (C=O) groups is 1. The molecule has 0 saturated heterocycles.